The second kappa shape index (κ2) is 6.68. The molecular weight excluding hydrogens is 345 g/mol. The Hall–Kier alpha value is -1.90. The van der Waals surface area contributed by atoms with E-state index in [2.05, 4.69) is 27.1 Å². The molecule has 1 aliphatic carbocycles. The summed E-state index contributed by atoms with van der Waals surface area (Å²) in [5, 5.41) is 10.9. The lowest BCUT2D eigenvalue weighted by Gasteiger charge is -2.41. The topological polar surface area (TPSA) is 49.6 Å². The third-order valence-corrected chi connectivity index (χ3v) is 5.64. The van der Waals surface area contributed by atoms with E-state index in [4.69, 9.17) is 0 Å². The largest absolute Gasteiger partial charge is 0.453 e. The molecule has 0 aromatic carbocycles. The summed E-state index contributed by atoms with van der Waals surface area (Å²) >= 11 is 0. The molecule has 0 unspecified atom stereocenters. The molecule has 0 spiro atoms. The Morgan fingerprint density at radius 2 is 1.65 bits per heavy atom. The minimum absolute atomic E-state index is 0.107. The van der Waals surface area contributed by atoms with Crippen LogP contribution in [-0.4, -0.2) is 56.9 Å². The van der Waals surface area contributed by atoms with Gasteiger partial charge < -0.3 is 4.90 Å². The zero-order chi connectivity index (χ0) is 18.3. The molecule has 2 aromatic rings. The monoisotopic (exact) mass is 368 g/mol. The fourth-order valence-electron chi connectivity index (χ4n) is 4.05. The number of halogens is 3. The van der Waals surface area contributed by atoms with Crippen molar-refractivity contribution >= 4 is 11.5 Å². The molecule has 2 aliphatic rings. The number of hydrogen-bond donors (Lipinski definition) is 0. The van der Waals surface area contributed by atoms with Crippen molar-refractivity contribution < 1.29 is 13.2 Å². The van der Waals surface area contributed by atoms with Crippen LogP contribution in [0.2, 0.25) is 0 Å². The van der Waals surface area contributed by atoms with Crippen LogP contribution in [-0.2, 0) is 6.18 Å². The van der Waals surface area contributed by atoms with Gasteiger partial charge >= 0.3 is 6.18 Å². The molecule has 2 fully saturated rings. The zero-order valence-electron chi connectivity index (χ0n) is 14.8. The highest BCUT2D eigenvalue weighted by atomic mass is 19.4. The van der Waals surface area contributed by atoms with Crippen molar-refractivity contribution in [1.29, 1.82) is 0 Å². The SMILES string of the molecule is CC1CCC(N2CCN(c3ccc4nnc(C(F)(F)F)n4n3)CC2)CC1. The Labute approximate surface area is 150 Å². The highest BCUT2D eigenvalue weighted by Gasteiger charge is 2.38. The molecule has 0 amide bonds. The first-order chi connectivity index (χ1) is 12.4. The summed E-state index contributed by atoms with van der Waals surface area (Å²) < 4.78 is 39.9. The number of alkyl halides is 3. The highest BCUT2D eigenvalue weighted by molar-refractivity contribution is 5.46. The van der Waals surface area contributed by atoms with E-state index in [1.165, 1.54) is 25.7 Å². The van der Waals surface area contributed by atoms with Crippen molar-refractivity contribution in [2.45, 2.75) is 44.8 Å². The van der Waals surface area contributed by atoms with Crippen LogP contribution in [0.15, 0.2) is 12.1 Å². The molecular formula is C17H23F3N6. The lowest BCUT2D eigenvalue weighted by Crippen LogP contribution is -2.51. The molecule has 0 atom stereocenters. The summed E-state index contributed by atoms with van der Waals surface area (Å²) in [6.07, 6.45) is 0.512. The van der Waals surface area contributed by atoms with E-state index in [1.807, 2.05) is 4.90 Å². The van der Waals surface area contributed by atoms with Crippen LogP contribution in [0.4, 0.5) is 19.0 Å². The smallest absolute Gasteiger partial charge is 0.353 e. The molecule has 2 aromatic heterocycles. The van der Waals surface area contributed by atoms with Gasteiger partial charge in [-0.25, -0.2) is 0 Å². The molecule has 6 nitrogen and oxygen atoms in total. The van der Waals surface area contributed by atoms with Gasteiger partial charge in [-0.05, 0) is 43.7 Å². The van der Waals surface area contributed by atoms with Gasteiger partial charge in [-0.3, -0.25) is 4.90 Å². The van der Waals surface area contributed by atoms with Crippen LogP contribution in [0, 0.1) is 5.92 Å². The quantitative estimate of drug-likeness (QED) is 0.816. The Morgan fingerprint density at radius 3 is 2.31 bits per heavy atom. The molecule has 142 valence electrons. The standard InChI is InChI=1S/C17H23F3N6/c1-12-2-4-13(5-3-12)24-8-10-25(11-9-24)15-7-6-14-21-22-16(17(18,19)20)26(14)23-15/h6-7,12-13H,2-5,8-11H2,1H3. The lowest BCUT2D eigenvalue weighted by molar-refractivity contribution is -0.146. The highest BCUT2D eigenvalue weighted by Crippen LogP contribution is 2.29. The predicted octanol–water partition coefficient (Wildman–Crippen LogP) is 2.84. The molecule has 0 bridgehead atoms. The van der Waals surface area contributed by atoms with Gasteiger partial charge in [0, 0.05) is 32.2 Å². The van der Waals surface area contributed by atoms with E-state index in [-0.39, 0.29) is 5.65 Å². The van der Waals surface area contributed by atoms with Gasteiger partial charge in [-0.1, -0.05) is 6.92 Å². The molecule has 26 heavy (non-hydrogen) atoms. The Kier molecular flexibility index (Phi) is 4.50. The minimum atomic E-state index is -4.57. The van der Waals surface area contributed by atoms with E-state index in [0.717, 1.165) is 36.6 Å². The van der Waals surface area contributed by atoms with Crippen LogP contribution in [0.5, 0.6) is 0 Å². The number of aromatic nitrogens is 4. The van der Waals surface area contributed by atoms with Crippen LogP contribution in [0.3, 0.4) is 0 Å². The molecule has 1 saturated carbocycles. The summed E-state index contributed by atoms with van der Waals surface area (Å²) in [5.41, 5.74) is 0.107. The predicted molar refractivity (Wildman–Crippen MR) is 91.0 cm³/mol. The molecule has 9 heteroatoms. The van der Waals surface area contributed by atoms with E-state index < -0.39 is 12.0 Å². The summed E-state index contributed by atoms with van der Waals surface area (Å²) in [6, 6.07) is 3.92. The third-order valence-electron chi connectivity index (χ3n) is 5.64. The molecule has 1 aliphatic heterocycles. The van der Waals surface area contributed by atoms with Crippen LogP contribution in [0.25, 0.3) is 5.65 Å². The first-order valence-corrected chi connectivity index (χ1v) is 9.20. The number of rotatable bonds is 2. The molecule has 3 heterocycles. The molecule has 0 radical (unpaired) electrons. The maximum Gasteiger partial charge on any atom is 0.453 e. The molecule has 1 saturated heterocycles. The number of piperazine rings is 1. The van der Waals surface area contributed by atoms with Crippen molar-refractivity contribution in [3.05, 3.63) is 18.0 Å². The third kappa shape index (κ3) is 3.36. The zero-order valence-corrected chi connectivity index (χ0v) is 14.8. The van der Waals surface area contributed by atoms with E-state index in [1.54, 1.807) is 12.1 Å². The van der Waals surface area contributed by atoms with Crippen molar-refractivity contribution in [3.8, 4) is 0 Å². The summed E-state index contributed by atoms with van der Waals surface area (Å²) in [7, 11) is 0. The molecule has 4 rings (SSSR count). The van der Waals surface area contributed by atoms with Crippen molar-refractivity contribution in [2.24, 2.45) is 5.92 Å². The fourth-order valence-corrected chi connectivity index (χ4v) is 4.05. The minimum Gasteiger partial charge on any atom is -0.353 e. The number of hydrogen-bond acceptors (Lipinski definition) is 5. The van der Waals surface area contributed by atoms with Crippen molar-refractivity contribution in [1.82, 2.24) is 24.7 Å². The van der Waals surface area contributed by atoms with Crippen LogP contribution in [0.1, 0.15) is 38.4 Å². The number of fused-ring (bicyclic) bond motifs is 1. The normalized spacial score (nSPS) is 25.8. The first kappa shape index (κ1) is 17.5. The van der Waals surface area contributed by atoms with Gasteiger partial charge in [0.2, 0.25) is 0 Å². The average Bonchev–Trinajstić information content (AvgIpc) is 3.06. The lowest BCUT2D eigenvalue weighted by atomic mass is 9.86. The van der Waals surface area contributed by atoms with E-state index in [9.17, 15) is 13.2 Å². The van der Waals surface area contributed by atoms with E-state index >= 15 is 0 Å². The summed E-state index contributed by atoms with van der Waals surface area (Å²) in [6.45, 7) is 5.71. The van der Waals surface area contributed by atoms with Gasteiger partial charge in [-0.15, -0.1) is 15.3 Å². The first-order valence-electron chi connectivity index (χ1n) is 9.20. The average molecular weight is 368 g/mol. The van der Waals surface area contributed by atoms with E-state index in [0.29, 0.717) is 11.9 Å². The van der Waals surface area contributed by atoms with Crippen LogP contribution < -0.4 is 4.90 Å². The van der Waals surface area contributed by atoms with Gasteiger partial charge in [0.1, 0.15) is 5.82 Å². The second-order valence-corrected chi connectivity index (χ2v) is 7.42. The number of anilines is 1. The van der Waals surface area contributed by atoms with Gasteiger partial charge in [0.05, 0.1) is 0 Å². The molecule has 0 N–H and O–H groups in total. The number of nitrogens with zero attached hydrogens (tertiary/aromatic N) is 6. The van der Waals surface area contributed by atoms with Crippen molar-refractivity contribution in [2.75, 3.05) is 31.1 Å². The Balaban J connectivity index is 1.46. The second-order valence-electron chi connectivity index (χ2n) is 7.42. The summed E-state index contributed by atoms with van der Waals surface area (Å²) in [4.78, 5) is 4.57. The summed E-state index contributed by atoms with van der Waals surface area (Å²) in [5.74, 6) is 0.291. The maximum atomic E-state index is 13.0. The van der Waals surface area contributed by atoms with Gasteiger partial charge in [0.15, 0.2) is 5.65 Å². The van der Waals surface area contributed by atoms with Crippen molar-refractivity contribution in [3.63, 3.8) is 0 Å². The van der Waals surface area contributed by atoms with Gasteiger partial charge in [0.25, 0.3) is 5.82 Å². The Morgan fingerprint density at radius 1 is 0.962 bits per heavy atom. The maximum absolute atomic E-state index is 13.0. The van der Waals surface area contributed by atoms with Gasteiger partial charge in [-0.2, -0.15) is 17.7 Å². The fraction of sp³-hybridized carbons (Fsp3) is 0.706. The van der Waals surface area contributed by atoms with Crippen LogP contribution >= 0.6 is 0 Å². The Bertz CT molecular complexity index is 757.